The third-order valence-electron chi connectivity index (χ3n) is 5.87. The van der Waals surface area contributed by atoms with Gasteiger partial charge in [-0.25, -0.2) is 4.98 Å². The van der Waals surface area contributed by atoms with Crippen LogP contribution < -0.4 is 4.90 Å². The molecule has 1 amide bonds. The number of benzene rings is 2. The molecular formula is C24H25N5O. The van der Waals surface area contributed by atoms with Gasteiger partial charge in [0.1, 0.15) is 0 Å². The lowest BCUT2D eigenvalue weighted by atomic mass is 10.1. The van der Waals surface area contributed by atoms with Gasteiger partial charge in [-0.2, -0.15) is 0 Å². The normalized spacial score (nSPS) is 17.4. The Morgan fingerprint density at radius 1 is 0.933 bits per heavy atom. The highest BCUT2D eigenvalue weighted by Crippen LogP contribution is 2.34. The first-order valence-electron chi connectivity index (χ1n) is 10.4. The zero-order valence-corrected chi connectivity index (χ0v) is 17.2. The fourth-order valence-electron chi connectivity index (χ4n) is 4.08. The largest absolute Gasteiger partial charge is 0.304 e. The molecule has 1 fully saturated rings. The van der Waals surface area contributed by atoms with Crippen LogP contribution in [0.3, 0.4) is 0 Å². The van der Waals surface area contributed by atoms with Gasteiger partial charge in [0.15, 0.2) is 5.82 Å². The van der Waals surface area contributed by atoms with Gasteiger partial charge in [-0.05, 0) is 24.7 Å². The Morgan fingerprint density at radius 3 is 2.40 bits per heavy atom. The Morgan fingerprint density at radius 2 is 1.67 bits per heavy atom. The molecular weight excluding hydrogens is 374 g/mol. The second-order valence-electron chi connectivity index (χ2n) is 8.04. The fraction of sp³-hybridized carbons (Fsp3) is 0.292. The molecule has 1 aromatic heterocycles. The Balaban J connectivity index is 1.37. The molecule has 0 bridgehead atoms. The van der Waals surface area contributed by atoms with Crippen LogP contribution in [0.1, 0.15) is 11.3 Å². The number of anilines is 2. The summed E-state index contributed by atoms with van der Waals surface area (Å²) in [7, 11) is 2.18. The van der Waals surface area contributed by atoms with Crippen molar-refractivity contribution in [1.82, 2.24) is 19.8 Å². The summed E-state index contributed by atoms with van der Waals surface area (Å²) in [6, 6.07) is 18.2. The van der Waals surface area contributed by atoms with Gasteiger partial charge in [0.25, 0.3) is 0 Å². The molecule has 3 heterocycles. The van der Waals surface area contributed by atoms with E-state index in [0.717, 1.165) is 55.4 Å². The van der Waals surface area contributed by atoms with Crippen molar-refractivity contribution in [1.29, 1.82) is 0 Å². The molecule has 1 saturated heterocycles. The molecule has 2 aromatic carbocycles. The molecule has 0 aliphatic carbocycles. The Bertz CT molecular complexity index is 1040. The van der Waals surface area contributed by atoms with Crippen LogP contribution in [0.2, 0.25) is 0 Å². The molecule has 5 rings (SSSR count). The molecule has 0 N–H and O–H groups in total. The highest BCUT2D eigenvalue weighted by molar-refractivity contribution is 6.05. The molecule has 2 aliphatic rings. The zero-order chi connectivity index (χ0) is 20.5. The number of carbonyl (C=O) groups is 1. The SMILES string of the molecule is CN1CCN(Cc2ccc(-c3cnc4c(n3)N(c3ccccc3)C(=O)C4)cc2)CC1. The van der Waals surface area contributed by atoms with E-state index in [-0.39, 0.29) is 5.91 Å². The van der Waals surface area contributed by atoms with Crippen LogP contribution in [0.15, 0.2) is 60.8 Å². The molecule has 3 aromatic rings. The minimum Gasteiger partial charge on any atom is -0.304 e. The van der Waals surface area contributed by atoms with E-state index in [4.69, 9.17) is 4.98 Å². The Labute approximate surface area is 176 Å². The van der Waals surface area contributed by atoms with Crippen LogP contribution in [0, 0.1) is 0 Å². The summed E-state index contributed by atoms with van der Waals surface area (Å²) in [5, 5.41) is 0. The highest BCUT2D eigenvalue weighted by atomic mass is 16.2. The van der Waals surface area contributed by atoms with Crippen molar-refractivity contribution in [2.45, 2.75) is 13.0 Å². The number of rotatable bonds is 4. The van der Waals surface area contributed by atoms with E-state index >= 15 is 0 Å². The van der Waals surface area contributed by atoms with Gasteiger partial charge in [-0.1, -0.05) is 42.5 Å². The van der Waals surface area contributed by atoms with E-state index in [0.29, 0.717) is 12.2 Å². The lowest BCUT2D eigenvalue weighted by molar-refractivity contribution is -0.116. The number of hydrogen-bond acceptors (Lipinski definition) is 5. The summed E-state index contributed by atoms with van der Waals surface area (Å²) in [5.74, 6) is 0.654. The van der Waals surface area contributed by atoms with Crippen molar-refractivity contribution >= 4 is 17.4 Å². The molecule has 0 saturated carbocycles. The van der Waals surface area contributed by atoms with Gasteiger partial charge in [0.2, 0.25) is 5.91 Å². The second kappa shape index (κ2) is 7.97. The number of hydrogen-bond donors (Lipinski definition) is 0. The second-order valence-corrected chi connectivity index (χ2v) is 8.04. The van der Waals surface area contributed by atoms with Crippen molar-refractivity contribution in [3.63, 3.8) is 0 Å². The molecule has 152 valence electrons. The third-order valence-corrected chi connectivity index (χ3v) is 5.87. The Hall–Kier alpha value is -3.09. The Kier molecular flexibility index (Phi) is 5.02. The topological polar surface area (TPSA) is 52.6 Å². The predicted molar refractivity (Wildman–Crippen MR) is 118 cm³/mol. The van der Waals surface area contributed by atoms with Gasteiger partial charge in [0, 0.05) is 38.3 Å². The third kappa shape index (κ3) is 3.72. The standard InChI is InChI=1S/C24H25N5O/c1-27-11-13-28(14-12-27)17-18-7-9-19(10-8-18)22-16-25-21-15-23(30)29(24(21)26-22)20-5-3-2-4-6-20/h2-10,16H,11-15,17H2,1H3. The van der Waals surface area contributed by atoms with Gasteiger partial charge in [-0.15, -0.1) is 0 Å². The molecule has 0 unspecified atom stereocenters. The first kappa shape index (κ1) is 18.9. The average molecular weight is 399 g/mol. The van der Waals surface area contributed by atoms with Crippen LogP contribution in [-0.4, -0.2) is 58.9 Å². The van der Waals surface area contributed by atoms with Crippen molar-refractivity contribution < 1.29 is 4.79 Å². The lowest BCUT2D eigenvalue weighted by Gasteiger charge is -2.32. The van der Waals surface area contributed by atoms with Gasteiger partial charge < -0.3 is 4.90 Å². The first-order valence-corrected chi connectivity index (χ1v) is 10.4. The lowest BCUT2D eigenvalue weighted by Crippen LogP contribution is -2.43. The summed E-state index contributed by atoms with van der Waals surface area (Å²) < 4.78 is 0. The number of piperazine rings is 1. The van der Waals surface area contributed by atoms with Crippen molar-refractivity contribution in [3.05, 3.63) is 72.1 Å². The minimum absolute atomic E-state index is 0.0101. The summed E-state index contributed by atoms with van der Waals surface area (Å²) >= 11 is 0. The van der Waals surface area contributed by atoms with E-state index in [1.807, 2.05) is 30.3 Å². The summed E-state index contributed by atoms with van der Waals surface area (Å²) in [4.78, 5) is 28.5. The fourth-order valence-corrected chi connectivity index (χ4v) is 4.08. The zero-order valence-electron chi connectivity index (χ0n) is 17.2. The first-order chi connectivity index (χ1) is 14.7. The van der Waals surface area contributed by atoms with E-state index in [9.17, 15) is 4.79 Å². The molecule has 6 nitrogen and oxygen atoms in total. The predicted octanol–water partition coefficient (Wildman–Crippen LogP) is 3.11. The van der Waals surface area contributed by atoms with E-state index in [1.54, 1.807) is 11.1 Å². The van der Waals surface area contributed by atoms with Gasteiger partial charge in [-0.3, -0.25) is 19.6 Å². The number of para-hydroxylation sites is 1. The minimum atomic E-state index is 0.0101. The summed E-state index contributed by atoms with van der Waals surface area (Å²) in [6.07, 6.45) is 2.07. The number of carbonyl (C=O) groups excluding carboxylic acids is 1. The highest BCUT2D eigenvalue weighted by Gasteiger charge is 2.31. The molecule has 6 heteroatoms. The molecule has 0 radical (unpaired) electrons. The quantitative estimate of drug-likeness (QED) is 0.675. The smallest absolute Gasteiger partial charge is 0.238 e. The van der Waals surface area contributed by atoms with Crippen LogP contribution in [0.5, 0.6) is 0 Å². The average Bonchev–Trinajstić information content (AvgIpc) is 3.11. The van der Waals surface area contributed by atoms with E-state index in [2.05, 4.69) is 46.1 Å². The maximum Gasteiger partial charge on any atom is 0.238 e. The number of nitrogens with zero attached hydrogens (tertiary/aromatic N) is 5. The summed E-state index contributed by atoms with van der Waals surface area (Å²) in [5.41, 5.74) is 4.67. The van der Waals surface area contributed by atoms with E-state index < -0.39 is 0 Å². The van der Waals surface area contributed by atoms with Gasteiger partial charge in [0.05, 0.1) is 29.7 Å². The molecule has 0 spiro atoms. The van der Waals surface area contributed by atoms with Crippen LogP contribution in [-0.2, 0) is 17.8 Å². The monoisotopic (exact) mass is 399 g/mol. The molecule has 2 aliphatic heterocycles. The molecule has 0 atom stereocenters. The number of amides is 1. The number of aromatic nitrogens is 2. The summed E-state index contributed by atoms with van der Waals surface area (Å²) in [6.45, 7) is 5.44. The van der Waals surface area contributed by atoms with Crippen molar-refractivity contribution in [3.8, 4) is 11.3 Å². The van der Waals surface area contributed by atoms with Crippen LogP contribution in [0.4, 0.5) is 11.5 Å². The maximum absolute atomic E-state index is 12.6. The van der Waals surface area contributed by atoms with Gasteiger partial charge >= 0.3 is 0 Å². The van der Waals surface area contributed by atoms with Crippen LogP contribution >= 0.6 is 0 Å². The maximum atomic E-state index is 12.6. The van der Waals surface area contributed by atoms with Crippen molar-refractivity contribution in [2.75, 3.05) is 38.1 Å². The molecule has 30 heavy (non-hydrogen) atoms. The van der Waals surface area contributed by atoms with Crippen molar-refractivity contribution in [2.24, 2.45) is 0 Å². The number of fused-ring (bicyclic) bond motifs is 1. The van der Waals surface area contributed by atoms with E-state index in [1.165, 1.54) is 5.56 Å². The van der Waals surface area contributed by atoms with Crippen LogP contribution in [0.25, 0.3) is 11.3 Å². The number of likely N-dealkylation sites (N-methyl/N-ethyl adjacent to an activating group) is 1.